The van der Waals surface area contributed by atoms with Crippen molar-refractivity contribution < 1.29 is 15.0 Å². The van der Waals surface area contributed by atoms with E-state index in [1.165, 1.54) is 6.92 Å². The van der Waals surface area contributed by atoms with Gasteiger partial charge in [-0.25, -0.2) is 9.16 Å². The van der Waals surface area contributed by atoms with Gasteiger partial charge in [0.2, 0.25) is 0 Å². The molecule has 0 aliphatic rings. The Morgan fingerprint density at radius 1 is 1.80 bits per heavy atom. The second-order valence-corrected chi connectivity index (χ2v) is 1.72. The van der Waals surface area contributed by atoms with Gasteiger partial charge in [0.15, 0.2) is 0 Å². The smallest absolute Gasteiger partial charge is 0.332 e. The Morgan fingerprint density at radius 3 is 2.00 bits per heavy atom. The molecule has 0 radical (unpaired) electrons. The standard InChI is InChI=1S/C3H6O3.C2H5NS/c1-2(4)3(5)6;1-2-3-4/h2,4H,1H3,(H,5,6);2H2,1H3. The second kappa shape index (κ2) is 8.45. The van der Waals surface area contributed by atoms with Crippen LogP contribution in [0.1, 0.15) is 13.8 Å². The van der Waals surface area contributed by atoms with Crippen molar-refractivity contribution in [3.05, 3.63) is 0 Å². The van der Waals surface area contributed by atoms with Gasteiger partial charge in [-0.2, -0.15) is 0 Å². The summed E-state index contributed by atoms with van der Waals surface area (Å²) in [4.78, 5) is 9.45. The fourth-order valence-electron chi connectivity index (χ4n) is 0. The molecule has 0 aliphatic carbocycles. The fraction of sp³-hybridized carbons (Fsp3) is 0.800. The molecule has 0 fully saturated rings. The zero-order valence-electron chi connectivity index (χ0n) is 5.94. The van der Waals surface area contributed by atoms with Crippen LogP contribution in [0.4, 0.5) is 0 Å². The van der Waals surface area contributed by atoms with Crippen LogP contribution in [0.5, 0.6) is 0 Å². The quantitative estimate of drug-likeness (QED) is 0.612. The predicted molar refractivity (Wildman–Crippen MR) is 39.7 cm³/mol. The number of nitrogens with zero attached hydrogens (tertiary/aromatic N) is 1. The van der Waals surface area contributed by atoms with Gasteiger partial charge < -0.3 is 10.2 Å². The first-order valence-corrected chi connectivity index (χ1v) is 3.12. The Kier molecular flexibility index (Phi) is 10.3. The van der Waals surface area contributed by atoms with Gasteiger partial charge in [0, 0.05) is 19.0 Å². The molecular formula is C5H11NO3S. The molecule has 0 aromatic heterocycles. The molecule has 0 aromatic carbocycles. The van der Waals surface area contributed by atoms with Gasteiger partial charge in [0.05, 0.1) is 0 Å². The molecule has 2 N–H and O–H groups in total. The van der Waals surface area contributed by atoms with E-state index in [-0.39, 0.29) is 0 Å². The second-order valence-electron chi connectivity index (χ2n) is 1.46. The average molecular weight is 165 g/mol. The van der Waals surface area contributed by atoms with Crippen molar-refractivity contribution in [2.75, 3.05) is 6.54 Å². The van der Waals surface area contributed by atoms with Crippen molar-refractivity contribution in [1.82, 2.24) is 0 Å². The van der Waals surface area contributed by atoms with Crippen LogP contribution in [0.2, 0.25) is 0 Å². The molecule has 1 unspecified atom stereocenters. The van der Waals surface area contributed by atoms with Crippen LogP contribution < -0.4 is 0 Å². The van der Waals surface area contributed by atoms with E-state index in [0.717, 1.165) is 6.54 Å². The summed E-state index contributed by atoms with van der Waals surface area (Å²) in [7, 11) is 0. The number of carbonyl (C=O) groups is 1. The van der Waals surface area contributed by atoms with Crippen LogP contribution in [0.3, 0.4) is 0 Å². The first-order chi connectivity index (χ1) is 4.56. The van der Waals surface area contributed by atoms with E-state index in [0.29, 0.717) is 0 Å². The highest BCUT2D eigenvalue weighted by atomic mass is 32.1. The molecule has 5 heteroatoms. The summed E-state index contributed by atoms with van der Waals surface area (Å²) in [6, 6.07) is 0. The van der Waals surface area contributed by atoms with Crippen molar-refractivity contribution in [2.24, 2.45) is 4.36 Å². The highest BCUT2D eigenvalue weighted by Crippen LogP contribution is 1.73. The summed E-state index contributed by atoms with van der Waals surface area (Å²) in [5.74, 6) is -1.19. The summed E-state index contributed by atoms with van der Waals surface area (Å²) >= 11 is 4.18. The summed E-state index contributed by atoms with van der Waals surface area (Å²) in [5, 5.41) is 15.8. The van der Waals surface area contributed by atoms with Gasteiger partial charge in [-0.15, -0.1) is 0 Å². The van der Waals surface area contributed by atoms with Gasteiger partial charge in [-0.1, -0.05) is 0 Å². The Morgan fingerprint density at radius 2 is 2.00 bits per heavy atom. The van der Waals surface area contributed by atoms with Gasteiger partial charge in [-0.3, -0.25) is 0 Å². The van der Waals surface area contributed by atoms with Crippen molar-refractivity contribution >= 4 is 18.4 Å². The number of aliphatic hydroxyl groups excluding tert-OH is 1. The van der Waals surface area contributed by atoms with E-state index >= 15 is 0 Å². The highest BCUT2D eigenvalue weighted by Gasteiger charge is 2.01. The lowest BCUT2D eigenvalue weighted by atomic mass is 10.4. The first kappa shape index (κ1) is 12.2. The van der Waals surface area contributed by atoms with Gasteiger partial charge in [-0.05, 0) is 13.8 Å². The third kappa shape index (κ3) is 15.7. The molecule has 0 heterocycles. The Hall–Kier alpha value is -0.550. The minimum Gasteiger partial charge on any atom is -0.479 e. The third-order valence-electron chi connectivity index (χ3n) is 0.486. The predicted octanol–water partition coefficient (Wildman–Crippen LogP) is 0.189. The maximum atomic E-state index is 9.45. The van der Waals surface area contributed by atoms with E-state index in [4.69, 9.17) is 10.2 Å². The van der Waals surface area contributed by atoms with E-state index < -0.39 is 12.1 Å². The van der Waals surface area contributed by atoms with E-state index in [9.17, 15) is 4.79 Å². The molecule has 0 saturated carbocycles. The number of aliphatic carboxylic acids is 1. The molecule has 60 valence electrons. The number of hydrogen-bond acceptors (Lipinski definition) is 4. The molecule has 0 rings (SSSR count). The van der Waals surface area contributed by atoms with E-state index in [1.807, 2.05) is 6.92 Å². The molecule has 0 saturated heterocycles. The van der Waals surface area contributed by atoms with Crippen LogP contribution in [-0.2, 0) is 17.2 Å². The summed E-state index contributed by atoms with van der Waals surface area (Å²) in [5.41, 5.74) is 0. The van der Waals surface area contributed by atoms with Gasteiger partial charge in [0.1, 0.15) is 6.10 Å². The SMILES string of the molecule is CC(O)C(=O)O.CCN=S. The Balaban J connectivity index is 0. The molecule has 0 aliphatic heterocycles. The molecule has 0 aromatic rings. The number of carboxylic acids is 1. The Labute approximate surface area is 65.0 Å². The zero-order chi connectivity index (χ0) is 8.57. The average Bonchev–Trinajstić information content (AvgIpc) is 1.89. The molecule has 10 heavy (non-hydrogen) atoms. The first-order valence-electron chi connectivity index (χ1n) is 2.76. The number of hydrogen-bond donors (Lipinski definition) is 2. The molecule has 1 atom stereocenters. The van der Waals surface area contributed by atoms with Crippen molar-refractivity contribution in [2.45, 2.75) is 20.0 Å². The molecule has 4 nitrogen and oxygen atoms in total. The highest BCUT2D eigenvalue weighted by molar-refractivity contribution is 7.47. The normalized spacial score (nSPS) is 10.7. The third-order valence-corrected chi connectivity index (χ3v) is 0.745. The minimum absolute atomic E-state index is 0.759. The Bertz CT molecular complexity index is 105. The van der Waals surface area contributed by atoms with Crippen LogP contribution in [0, 0.1) is 0 Å². The molecular weight excluding hydrogens is 154 g/mol. The molecule has 0 amide bonds. The van der Waals surface area contributed by atoms with Gasteiger partial charge >= 0.3 is 5.97 Å². The van der Waals surface area contributed by atoms with Crippen molar-refractivity contribution in [1.29, 1.82) is 0 Å². The maximum absolute atomic E-state index is 9.45. The fourth-order valence-corrected chi connectivity index (χ4v) is 0. The van der Waals surface area contributed by atoms with Crippen LogP contribution in [0.25, 0.3) is 0 Å². The molecule has 0 spiro atoms. The van der Waals surface area contributed by atoms with Crippen LogP contribution in [0.15, 0.2) is 4.36 Å². The lowest BCUT2D eigenvalue weighted by molar-refractivity contribution is -0.145. The number of aliphatic hydroxyl groups is 1. The largest absolute Gasteiger partial charge is 0.479 e. The topological polar surface area (TPSA) is 69.9 Å². The summed E-state index contributed by atoms with van der Waals surface area (Å²) < 4.78 is 3.32. The lowest BCUT2D eigenvalue weighted by Gasteiger charge is -1.89. The van der Waals surface area contributed by atoms with E-state index in [1.54, 1.807) is 0 Å². The lowest BCUT2D eigenvalue weighted by Crippen LogP contribution is -2.13. The van der Waals surface area contributed by atoms with Gasteiger partial charge in [0.25, 0.3) is 0 Å². The summed E-state index contributed by atoms with van der Waals surface area (Å²) in [6.45, 7) is 3.87. The number of rotatable bonds is 2. The zero-order valence-corrected chi connectivity index (χ0v) is 6.76. The summed E-state index contributed by atoms with van der Waals surface area (Å²) in [6.07, 6.45) is -1.23. The molecule has 0 bridgehead atoms. The monoisotopic (exact) mass is 165 g/mol. The maximum Gasteiger partial charge on any atom is 0.332 e. The van der Waals surface area contributed by atoms with Crippen molar-refractivity contribution in [3.8, 4) is 0 Å². The number of carboxylic acid groups (broad SMARTS) is 1. The minimum atomic E-state index is -1.23. The van der Waals surface area contributed by atoms with Crippen LogP contribution in [-0.4, -0.2) is 28.8 Å². The van der Waals surface area contributed by atoms with E-state index in [2.05, 4.69) is 16.8 Å². The van der Waals surface area contributed by atoms with Crippen molar-refractivity contribution in [3.63, 3.8) is 0 Å². The van der Waals surface area contributed by atoms with Crippen LogP contribution >= 0.6 is 0 Å².